The van der Waals surface area contributed by atoms with Crippen LogP contribution in [0, 0.1) is 23.0 Å². The van der Waals surface area contributed by atoms with E-state index in [2.05, 4.69) is 4.98 Å². The highest BCUT2D eigenvalue weighted by atomic mass is 19.1. The summed E-state index contributed by atoms with van der Waals surface area (Å²) in [5.74, 6) is -0.955. The first-order chi connectivity index (χ1) is 15.8. The standard InChI is InChI=1S/C24H23F2N5O2/c1-33-19-5-4-13(10-18(19)26)20-22(14-2-3-15(12-27)17(25)11-14)30-24(21(29)23(20)32)31-8-6-16(28)7-9-31/h2-5,10-11,16H,6-9,28-29H2,1H3,(H,30,32). The average Bonchev–Trinajstić information content (AvgIpc) is 2.81. The van der Waals surface area contributed by atoms with Crippen LogP contribution in [0.15, 0.2) is 41.2 Å². The van der Waals surface area contributed by atoms with E-state index in [9.17, 15) is 13.6 Å². The molecular formula is C24H23F2N5O2. The quantitative estimate of drug-likeness (QED) is 0.559. The molecule has 1 aromatic heterocycles. The van der Waals surface area contributed by atoms with E-state index in [-0.39, 0.29) is 39.9 Å². The number of nitrogens with two attached hydrogens (primary N) is 2. The molecule has 0 aliphatic carbocycles. The number of benzene rings is 2. The van der Waals surface area contributed by atoms with Crippen LogP contribution in [0.1, 0.15) is 18.4 Å². The zero-order chi connectivity index (χ0) is 23.7. The number of nitriles is 1. The minimum atomic E-state index is -0.731. The highest BCUT2D eigenvalue weighted by Gasteiger charge is 2.25. The Kier molecular flexibility index (Phi) is 6.03. The number of nitrogens with zero attached hydrogens (tertiary/aromatic N) is 2. The third-order valence-electron chi connectivity index (χ3n) is 5.89. The molecule has 0 spiro atoms. The van der Waals surface area contributed by atoms with Crippen molar-refractivity contribution in [1.82, 2.24) is 4.98 Å². The molecule has 1 aliphatic heterocycles. The fourth-order valence-corrected chi connectivity index (χ4v) is 4.05. The monoisotopic (exact) mass is 451 g/mol. The van der Waals surface area contributed by atoms with Gasteiger partial charge in [-0.3, -0.25) is 4.79 Å². The Morgan fingerprint density at radius 1 is 1.12 bits per heavy atom. The molecule has 3 aromatic rings. The van der Waals surface area contributed by atoms with Crippen molar-refractivity contribution in [1.29, 1.82) is 5.26 Å². The predicted octanol–water partition coefficient (Wildman–Crippen LogP) is 3.38. The number of piperidine rings is 1. The van der Waals surface area contributed by atoms with Gasteiger partial charge in [-0.05, 0) is 42.7 Å². The molecule has 1 saturated heterocycles. The number of rotatable bonds is 4. The maximum atomic E-state index is 14.5. The highest BCUT2D eigenvalue weighted by molar-refractivity contribution is 5.86. The van der Waals surface area contributed by atoms with Crippen molar-refractivity contribution in [2.45, 2.75) is 18.9 Å². The Morgan fingerprint density at radius 2 is 1.79 bits per heavy atom. The molecule has 0 unspecified atom stereocenters. The van der Waals surface area contributed by atoms with Crippen LogP contribution in [0.4, 0.5) is 20.3 Å². The van der Waals surface area contributed by atoms with Gasteiger partial charge in [-0.1, -0.05) is 12.1 Å². The molecule has 9 heteroatoms. The number of nitrogens with one attached hydrogen (secondary N) is 1. The Morgan fingerprint density at radius 3 is 2.39 bits per heavy atom. The van der Waals surface area contributed by atoms with Crippen LogP contribution in [-0.2, 0) is 0 Å². The molecule has 4 rings (SSSR count). The molecule has 0 bridgehead atoms. The highest BCUT2D eigenvalue weighted by Crippen LogP contribution is 2.35. The Hall–Kier alpha value is -3.90. The summed E-state index contributed by atoms with van der Waals surface area (Å²) >= 11 is 0. The predicted molar refractivity (Wildman–Crippen MR) is 123 cm³/mol. The number of H-pyrrole nitrogens is 1. The SMILES string of the molecule is COc1ccc(-c2c(-c3ccc(C#N)c(F)c3)[nH]c(N3CCC(N)CC3)c(N)c2=O)cc1F. The summed E-state index contributed by atoms with van der Waals surface area (Å²) in [4.78, 5) is 18.6. The van der Waals surface area contributed by atoms with Gasteiger partial charge in [0.05, 0.1) is 23.9 Å². The van der Waals surface area contributed by atoms with E-state index in [1.54, 1.807) is 6.07 Å². The third-order valence-corrected chi connectivity index (χ3v) is 5.89. The van der Waals surface area contributed by atoms with Crippen LogP contribution >= 0.6 is 0 Å². The van der Waals surface area contributed by atoms with Crippen molar-refractivity contribution < 1.29 is 13.5 Å². The van der Waals surface area contributed by atoms with Gasteiger partial charge in [0.25, 0.3) is 0 Å². The van der Waals surface area contributed by atoms with Gasteiger partial charge >= 0.3 is 0 Å². The zero-order valence-corrected chi connectivity index (χ0v) is 18.0. The van der Waals surface area contributed by atoms with Gasteiger partial charge in [0, 0.05) is 24.7 Å². The molecule has 1 fully saturated rings. The minimum Gasteiger partial charge on any atom is -0.494 e. The normalized spacial score (nSPS) is 14.2. The Bertz CT molecular complexity index is 1310. The fourth-order valence-electron chi connectivity index (χ4n) is 4.05. The summed E-state index contributed by atoms with van der Waals surface area (Å²) in [5.41, 5.74) is 12.5. The van der Waals surface area contributed by atoms with Gasteiger partial charge < -0.3 is 26.1 Å². The van der Waals surface area contributed by atoms with E-state index in [1.807, 2.05) is 4.90 Å². The molecule has 0 saturated carbocycles. The maximum absolute atomic E-state index is 14.5. The molecule has 33 heavy (non-hydrogen) atoms. The largest absolute Gasteiger partial charge is 0.494 e. The van der Waals surface area contributed by atoms with Crippen molar-refractivity contribution in [3.8, 4) is 34.2 Å². The second-order valence-corrected chi connectivity index (χ2v) is 7.95. The summed E-state index contributed by atoms with van der Waals surface area (Å²) in [5, 5.41) is 9.07. The number of methoxy groups -OCH3 is 1. The Labute approximate surface area is 189 Å². The first kappa shape index (κ1) is 22.3. The molecule has 1 aliphatic rings. The number of halogens is 2. The van der Waals surface area contributed by atoms with Crippen LogP contribution in [0.3, 0.4) is 0 Å². The molecule has 170 valence electrons. The first-order valence-electron chi connectivity index (χ1n) is 10.4. The minimum absolute atomic E-state index is 0.0189. The fraction of sp³-hybridized carbons (Fsp3) is 0.250. The number of anilines is 2. The molecular weight excluding hydrogens is 428 g/mol. The maximum Gasteiger partial charge on any atom is 0.215 e. The zero-order valence-electron chi connectivity index (χ0n) is 18.0. The van der Waals surface area contributed by atoms with Gasteiger partial charge in [0.2, 0.25) is 5.43 Å². The van der Waals surface area contributed by atoms with Crippen LogP contribution < -0.4 is 26.5 Å². The van der Waals surface area contributed by atoms with Crippen LogP contribution in [0.25, 0.3) is 22.4 Å². The average molecular weight is 451 g/mol. The van der Waals surface area contributed by atoms with Gasteiger partial charge in [-0.2, -0.15) is 5.26 Å². The smallest absolute Gasteiger partial charge is 0.215 e. The number of hydrogen-bond donors (Lipinski definition) is 3. The topological polar surface area (TPSA) is 121 Å². The summed E-state index contributed by atoms with van der Waals surface area (Å²) in [7, 11) is 1.34. The summed E-state index contributed by atoms with van der Waals surface area (Å²) in [6, 6.07) is 9.99. The van der Waals surface area contributed by atoms with E-state index in [0.29, 0.717) is 24.5 Å². The lowest BCUT2D eigenvalue weighted by molar-refractivity contribution is 0.386. The van der Waals surface area contributed by atoms with Gasteiger partial charge in [0.15, 0.2) is 11.6 Å². The number of hydrogen-bond acceptors (Lipinski definition) is 6. The second kappa shape index (κ2) is 8.92. The molecule has 7 nitrogen and oxygen atoms in total. The number of aromatic amines is 1. The van der Waals surface area contributed by atoms with Gasteiger partial charge in [-0.25, -0.2) is 8.78 Å². The number of pyridine rings is 1. The number of ether oxygens (including phenoxy) is 1. The second-order valence-electron chi connectivity index (χ2n) is 7.95. The summed E-state index contributed by atoms with van der Waals surface area (Å²) in [6.07, 6.45) is 1.46. The molecule has 0 amide bonds. The van der Waals surface area contributed by atoms with Crippen molar-refractivity contribution in [3.63, 3.8) is 0 Å². The summed E-state index contributed by atoms with van der Waals surface area (Å²) in [6.45, 7) is 1.19. The van der Waals surface area contributed by atoms with Crippen LogP contribution in [0.5, 0.6) is 5.75 Å². The van der Waals surface area contributed by atoms with E-state index < -0.39 is 17.1 Å². The van der Waals surface area contributed by atoms with E-state index in [1.165, 1.54) is 43.5 Å². The van der Waals surface area contributed by atoms with Crippen molar-refractivity contribution in [3.05, 3.63) is 63.8 Å². The third kappa shape index (κ3) is 4.13. The molecule has 5 N–H and O–H groups in total. The van der Waals surface area contributed by atoms with Crippen molar-refractivity contribution in [2.24, 2.45) is 5.73 Å². The molecule has 2 aromatic carbocycles. The van der Waals surface area contributed by atoms with Crippen LogP contribution in [0.2, 0.25) is 0 Å². The molecule has 2 heterocycles. The van der Waals surface area contributed by atoms with Crippen molar-refractivity contribution >= 4 is 11.5 Å². The number of nitrogen functional groups attached to an aromatic ring is 1. The first-order valence-corrected chi connectivity index (χ1v) is 10.4. The Balaban J connectivity index is 1.96. The van der Waals surface area contributed by atoms with Crippen molar-refractivity contribution in [2.75, 3.05) is 30.8 Å². The van der Waals surface area contributed by atoms with Crippen LogP contribution in [-0.4, -0.2) is 31.2 Å². The van der Waals surface area contributed by atoms with E-state index in [0.717, 1.165) is 12.8 Å². The lowest BCUT2D eigenvalue weighted by Gasteiger charge is -2.33. The molecule has 0 atom stereocenters. The van der Waals surface area contributed by atoms with E-state index >= 15 is 0 Å². The lowest BCUT2D eigenvalue weighted by Crippen LogP contribution is -2.41. The summed E-state index contributed by atoms with van der Waals surface area (Å²) < 4.78 is 33.9. The number of aromatic nitrogens is 1. The lowest BCUT2D eigenvalue weighted by atomic mass is 9.96. The van der Waals surface area contributed by atoms with Gasteiger partial charge in [-0.15, -0.1) is 0 Å². The van der Waals surface area contributed by atoms with E-state index in [4.69, 9.17) is 21.5 Å². The molecule has 0 radical (unpaired) electrons. The van der Waals surface area contributed by atoms with Gasteiger partial charge in [0.1, 0.15) is 23.4 Å².